The standard InChI is InChI=1S/C21H27FN3O9P/c1-4-31-19(28)21(2,3)24-35(30,34-13-8-6-5-7-9-13)32-12-16-15(26)10-17(33-16)25-11-14(22)18(27)23-20(25)29/h5-9,11,15-17,26H,4,10,12H2,1-3H3,(H,24,30)(H,23,27,29)/t15-,16-,17-,35?/m1/s1. The summed E-state index contributed by atoms with van der Waals surface area (Å²) in [6.45, 7) is 4.11. The zero-order valence-corrected chi connectivity index (χ0v) is 20.2. The number of benzene rings is 1. The molecule has 0 spiro atoms. The van der Waals surface area contributed by atoms with Crippen LogP contribution in [0.2, 0.25) is 0 Å². The molecule has 1 unspecified atom stereocenters. The number of aliphatic hydroxyl groups excluding tert-OH is 1. The number of hydrogen-bond donors (Lipinski definition) is 3. The number of nitrogens with one attached hydrogen (secondary N) is 2. The molecule has 3 N–H and O–H groups in total. The highest BCUT2D eigenvalue weighted by Gasteiger charge is 2.43. The Kier molecular flexibility index (Phi) is 8.29. The third-order valence-corrected chi connectivity index (χ3v) is 6.79. The molecule has 0 saturated carbocycles. The number of halogens is 1. The number of carbonyl (C=O) groups is 1. The maximum absolute atomic E-state index is 13.7. The van der Waals surface area contributed by atoms with Gasteiger partial charge in [-0.25, -0.2) is 9.36 Å². The summed E-state index contributed by atoms with van der Waals surface area (Å²) in [4.78, 5) is 37.4. The number of aliphatic hydroxyl groups is 1. The lowest BCUT2D eigenvalue weighted by atomic mass is 10.1. The summed E-state index contributed by atoms with van der Waals surface area (Å²) in [6.07, 6.45) is -2.86. The molecule has 3 rings (SSSR count). The van der Waals surface area contributed by atoms with E-state index in [2.05, 4.69) is 5.09 Å². The van der Waals surface area contributed by atoms with Gasteiger partial charge in [-0.15, -0.1) is 0 Å². The van der Waals surface area contributed by atoms with E-state index in [0.717, 1.165) is 4.57 Å². The van der Waals surface area contributed by atoms with Gasteiger partial charge in [0.25, 0.3) is 5.56 Å². The number of rotatable bonds is 10. The minimum absolute atomic E-state index is 0.100. The van der Waals surface area contributed by atoms with Gasteiger partial charge in [0, 0.05) is 6.42 Å². The van der Waals surface area contributed by atoms with Crippen LogP contribution in [0.15, 0.2) is 46.1 Å². The van der Waals surface area contributed by atoms with Gasteiger partial charge >= 0.3 is 19.4 Å². The van der Waals surface area contributed by atoms with Crippen molar-refractivity contribution < 1.29 is 37.4 Å². The lowest BCUT2D eigenvalue weighted by Crippen LogP contribution is -2.47. The highest BCUT2D eigenvalue weighted by Crippen LogP contribution is 2.47. The molecule has 1 aliphatic rings. The molecule has 0 bridgehead atoms. The molecule has 12 nitrogen and oxygen atoms in total. The molecular weight excluding hydrogens is 488 g/mol. The zero-order valence-electron chi connectivity index (χ0n) is 19.3. The molecule has 0 radical (unpaired) electrons. The summed E-state index contributed by atoms with van der Waals surface area (Å²) in [5.74, 6) is -1.71. The average molecular weight is 515 g/mol. The van der Waals surface area contributed by atoms with Gasteiger partial charge in [0.2, 0.25) is 5.82 Å². The molecule has 2 aromatic rings. The van der Waals surface area contributed by atoms with Crippen molar-refractivity contribution in [3.05, 3.63) is 63.2 Å². The van der Waals surface area contributed by atoms with E-state index >= 15 is 0 Å². The number of esters is 1. The third-order valence-electron chi connectivity index (χ3n) is 5.02. The molecule has 2 heterocycles. The molecule has 1 fully saturated rings. The molecule has 1 aliphatic heterocycles. The smallest absolute Gasteiger partial charge is 0.459 e. The molecule has 35 heavy (non-hydrogen) atoms. The molecule has 0 amide bonds. The second-order valence-corrected chi connectivity index (χ2v) is 9.89. The Bertz CT molecular complexity index is 1200. The first-order valence-electron chi connectivity index (χ1n) is 10.7. The summed E-state index contributed by atoms with van der Waals surface area (Å²) < 4.78 is 49.7. The third kappa shape index (κ3) is 6.65. The number of aromatic amines is 1. The Morgan fingerprint density at radius 2 is 2.03 bits per heavy atom. The maximum atomic E-state index is 13.7. The first-order chi connectivity index (χ1) is 16.4. The van der Waals surface area contributed by atoms with E-state index in [9.17, 15) is 28.4 Å². The van der Waals surface area contributed by atoms with Crippen molar-refractivity contribution >= 4 is 13.7 Å². The van der Waals surface area contributed by atoms with Gasteiger partial charge in [-0.05, 0) is 32.9 Å². The van der Waals surface area contributed by atoms with Crippen LogP contribution in [0.5, 0.6) is 5.75 Å². The Morgan fingerprint density at radius 3 is 2.69 bits per heavy atom. The van der Waals surface area contributed by atoms with Crippen molar-refractivity contribution in [3.63, 3.8) is 0 Å². The van der Waals surface area contributed by atoms with Gasteiger partial charge in [-0.3, -0.25) is 23.7 Å². The summed E-state index contributed by atoms with van der Waals surface area (Å²) in [7, 11) is -4.25. The second-order valence-electron chi connectivity index (χ2n) is 8.23. The van der Waals surface area contributed by atoms with Crippen LogP contribution >= 0.6 is 7.75 Å². The average Bonchev–Trinajstić information content (AvgIpc) is 3.15. The van der Waals surface area contributed by atoms with Crippen LogP contribution < -0.4 is 20.9 Å². The zero-order chi connectivity index (χ0) is 25.8. The number of H-pyrrole nitrogens is 1. The monoisotopic (exact) mass is 515 g/mol. The van der Waals surface area contributed by atoms with Gasteiger partial charge in [0.05, 0.1) is 25.5 Å². The predicted octanol–water partition coefficient (Wildman–Crippen LogP) is 1.46. The number of hydrogen-bond acceptors (Lipinski definition) is 9. The van der Waals surface area contributed by atoms with E-state index < -0.39 is 61.4 Å². The largest absolute Gasteiger partial charge is 0.465 e. The molecule has 0 aliphatic carbocycles. The topological polar surface area (TPSA) is 158 Å². The molecule has 192 valence electrons. The molecule has 1 aromatic heterocycles. The summed E-state index contributed by atoms with van der Waals surface area (Å²) in [6, 6.07) is 8.07. The Morgan fingerprint density at radius 1 is 1.34 bits per heavy atom. The van der Waals surface area contributed by atoms with Crippen LogP contribution in [-0.2, 0) is 23.4 Å². The van der Waals surface area contributed by atoms with Crippen molar-refractivity contribution in [1.82, 2.24) is 14.6 Å². The maximum Gasteiger partial charge on any atom is 0.459 e. The molecule has 1 aromatic carbocycles. The fourth-order valence-corrected chi connectivity index (χ4v) is 4.96. The van der Waals surface area contributed by atoms with Gasteiger partial charge in [-0.2, -0.15) is 9.48 Å². The van der Waals surface area contributed by atoms with Gasteiger partial charge in [-0.1, -0.05) is 18.2 Å². The van der Waals surface area contributed by atoms with E-state index in [1.165, 1.54) is 26.0 Å². The fourth-order valence-electron chi connectivity index (χ4n) is 3.28. The van der Waals surface area contributed by atoms with Crippen molar-refractivity contribution in [3.8, 4) is 5.75 Å². The molecule has 4 atom stereocenters. The van der Waals surface area contributed by atoms with Gasteiger partial charge < -0.3 is 19.1 Å². The van der Waals surface area contributed by atoms with Crippen LogP contribution in [0.4, 0.5) is 4.39 Å². The number of ether oxygens (including phenoxy) is 2. The van der Waals surface area contributed by atoms with E-state index in [0.29, 0.717) is 6.20 Å². The first kappa shape index (κ1) is 26.8. The predicted molar refractivity (Wildman–Crippen MR) is 120 cm³/mol. The van der Waals surface area contributed by atoms with Gasteiger partial charge in [0.15, 0.2) is 0 Å². The number of nitrogens with zero attached hydrogens (tertiary/aromatic N) is 1. The van der Waals surface area contributed by atoms with Crippen molar-refractivity contribution in [2.24, 2.45) is 0 Å². The van der Waals surface area contributed by atoms with E-state index in [-0.39, 0.29) is 18.8 Å². The molecular formula is C21H27FN3O9P. The van der Waals surface area contributed by atoms with E-state index in [1.807, 2.05) is 4.98 Å². The minimum atomic E-state index is -4.25. The summed E-state index contributed by atoms with van der Waals surface area (Å²) >= 11 is 0. The molecule has 1 saturated heterocycles. The number of aromatic nitrogens is 2. The number of para-hydroxylation sites is 1. The normalized spacial score (nSPS) is 21.9. The van der Waals surface area contributed by atoms with Crippen LogP contribution in [-0.4, -0.2) is 51.6 Å². The van der Waals surface area contributed by atoms with Crippen molar-refractivity contribution in [1.29, 1.82) is 0 Å². The SMILES string of the molecule is CCOC(=O)C(C)(C)NP(=O)(OC[C@H]1O[C@@H](n2cc(F)c(=O)[nH]c2=O)C[C@H]1O)Oc1ccccc1. The van der Waals surface area contributed by atoms with Crippen LogP contribution in [0.25, 0.3) is 0 Å². The van der Waals surface area contributed by atoms with E-state index in [1.54, 1.807) is 25.1 Å². The van der Waals surface area contributed by atoms with Crippen LogP contribution in [0, 0.1) is 5.82 Å². The Hall–Kier alpha value is -2.83. The van der Waals surface area contributed by atoms with Crippen molar-refractivity contribution in [2.75, 3.05) is 13.2 Å². The Balaban J connectivity index is 1.77. The van der Waals surface area contributed by atoms with Crippen LogP contribution in [0.3, 0.4) is 0 Å². The summed E-state index contributed by atoms with van der Waals surface area (Å²) in [5, 5.41) is 13.0. The second kappa shape index (κ2) is 10.8. The highest BCUT2D eigenvalue weighted by atomic mass is 31.2. The first-order valence-corrected chi connectivity index (χ1v) is 12.3. The number of carbonyl (C=O) groups excluding carboxylic acids is 1. The van der Waals surface area contributed by atoms with E-state index in [4.69, 9.17) is 18.5 Å². The van der Waals surface area contributed by atoms with Crippen LogP contribution in [0.1, 0.15) is 33.4 Å². The van der Waals surface area contributed by atoms with Gasteiger partial charge in [0.1, 0.15) is 23.6 Å². The minimum Gasteiger partial charge on any atom is -0.465 e. The fraction of sp³-hybridized carbons (Fsp3) is 0.476. The lowest BCUT2D eigenvalue weighted by Gasteiger charge is -2.29. The summed E-state index contributed by atoms with van der Waals surface area (Å²) in [5.41, 5.74) is -3.58. The lowest BCUT2D eigenvalue weighted by molar-refractivity contribution is -0.149. The Labute approximate surface area is 199 Å². The van der Waals surface area contributed by atoms with Crippen molar-refractivity contribution in [2.45, 2.75) is 51.2 Å². The highest BCUT2D eigenvalue weighted by molar-refractivity contribution is 7.52. The molecule has 14 heteroatoms. The quantitative estimate of drug-likeness (QED) is 0.312.